The number of carbonyl (C=O) groups is 1. The molecular formula is C15H9N3O6. The van der Waals surface area contributed by atoms with Gasteiger partial charge in [0, 0.05) is 35.3 Å². The maximum absolute atomic E-state index is 12.1. The molecule has 1 aromatic heterocycles. The van der Waals surface area contributed by atoms with Crippen molar-refractivity contribution < 1.29 is 19.1 Å². The van der Waals surface area contributed by atoms with E-state index in [9.17, 15) is 25.0 Å². The van der Waals surface area contributed by atoms with Crippen molar-refractivity contribution in [1.29, 1.82) is 0 Å². The number of benzene rings is 2. The number of hydrogen-bond donors (Lipinski definition) is 1. The van der Waals surface area contributed by atoms with Crippen LogP contribution in [0, 0.1) is 20.2 Å². The quantitative estimate of drug-likeness (QED) is 0.576. The average molecular weight is 327 g/mol. The zero-order valence-electron chi connectivity index (χ0n) is 12.0. The van der Waals surface area contributed by atoms with Gasteiger partial charge in [-0.3, -0.25) is 25.0 Å². The molecule has 0 saturated heterocycles. The van der Waals surface area contributed by atoms with Crippen LogP contribution in [0.2, 0.25) is 0 Å². The second-order valence-corrected chi connectivity index (χ2v) is 4.85. The largest absolute Gasteiger partial charge is 0.451 e. The maximum atomic E-state index is 12.1. The Morgan fingerprint density at radius 1 is 0.917 bits per heavy atom. The van der Waals surface area contributed by atoms with Gasteiger partial charge in [-0.1, -0.05) is 0 Å². The lowest BCUT2D eigenvalue weighted by Gasteiger charge is -2.02. The molecular weight excluding hydrogens is 318 g/mol. The normalized spacial score (nSPS) is 10.5. The third kappa shape index (κ3) is 2.90. The Balaban J connectivity index is 1.83. The topological polar surface area (TPSA) is 129 Å². The molecule has 0 bridgehead atoms. The molecule has 3 rings (SSSR count). The van der Waals surface area contributed by atoms with Crippen LogP contribution in [0.3, 0.4) is 0 Å². The third-order valence-electron chi connectivity index (χ3n) is 3.27. The molecule has 0 fully saturated rings. The zero-order valence-corrected chi connectivity index (χ0v) is 12.0. The Bertz CT molecular complexity index is 961. The van der Waals surface area contributed by atoms with Gasteiger partial charge >= 0.3 is 0 Å². The summed E-state index contributed by atoms with van der Waals surface area (Å²) in [5.74, 6) is -0.591. The van der Waals surface area contributed by atoms with Crippen molar-refractivity contribution in [3.8, 4) is 0 Å². The minimum absolute atomic E-state index is 0.0242. The van der Waals surface area contributed by atoms with Gasteiger partial charge in [-0.15, -0.1) is 0 Å². The van der Waals surface area contributed by atoms with E-state index in [2.05, 4.69) is 5.32 Å². The van der Waals surface area contributed by atoms with Gasteiger partial charge in [0.25, 0.3) is 17.3 Å². The number of amides is 1. The summed E-state index contributed by atoms with van der Waals surface area (Å²) < 4.78 is 5.36. The highest BCUT2D eigenvalue weighted by molar-refractivity contribution is 6.04. The molecule has 0 aliphatic carbocycles. The first-order valence-corrected chi connectivity index (χ1v) is 6.68. The van der Waals surface area contributed by atoms with E-state index in [1.54, 1.807) is 0 Å². The fourth-order valence-electron chi connectivity index (χ4n) is 2.12. The van der Waals surface area contributed by atoms with E-state index in [0.717, 1.165) is 0 Å². The first-order chi connectivity index (χ1) is 11.4. The van der Waals surface area contributed by atoms with E-state index in [1.807, 2.05) is 0 Å². The van der Waals surface area contributed by atoms with Crippen LogP contribution in [0.5, 0.6) is 0 Å². The Morgan fingerprint density at radius 3 is 2.17 bits per heavy atom. The number of nitrogens with one attached hydrogen (secondary N) is 1. The molecule has 1 amide bonds. The highest BCUT2D eigenvalue weighted by Crippen LogP contribution is 2.25. The van der Waals surface area contributed by atoms with Crippen LogP contribution in [-0.4, -0.2) is 15.8 Å². The van der Waals surface area contributed by atoms with E-state index in [4.69, 9.17) is 4.42 Å². The van der Waals surface area contributed by atoms with Crippen molar-refractivity contribution in [1.82, 2.24) is 0 Å². The third-order valence-corrected chi connectivity index (χ3v) is 3.27. The SMILES string of the molecule is O=C(Nc1ccc([N+](=O)[O-])cc1)c1cc2cc([N+](=O)[O-])ccc2o1. The van der Waals surface area contributed by atoms with Crippen LogP contribution >= 0.6 is 0 Å². The molecule has 2 aromatic carbocycles. The van der Waals surface area contributed by atoms with Gasteiger partial charge in [-0.05, 0) is 24.3 Å². The molecule has 9 heteroatoms. The van der Waals surface area contributed by atoms with Gasteiger partial charge in [0.05, 0.1) is 9.85 Å². The van der Waals surface area contributed by atoms with Crippen molar-refractivity contribution in [3.63, 3.8) is 0 Å². The molecule has 9 nitrogen and oxygen atoms in total. The molecule has 120 valence electrons. The monoisotopic (exact) mass is 327 g/mol. The molecule has 0 radical (unpaired) electrons. The Labute approximate surface area is 133 Å². The van der Waals surface area contributed by atoms with Crippen LogP contribution in [0.1, 0.15) is 10.6 Å². The summed E-state index contributed by atoms with van der Waals surface area (Å²) in [6.45, 7) is 0. The van der Waals surface area contributed by atoms with Crippen molar-refractivity contribution >= 4 is 33.9 Å². The lowest BCUT2D eigenvalue weighted by molar-refractivity contribution is -0.385. The molecule has 0 spiro atoms. The van der Waals surface area contributed by atoms with Crippen molar-refractivity contribution in [3.05, 3.63) is 74.5 Å². The van der Waals surface area contributed by atoms with Crippen LogP contribution in [0.4, 0.5) is 17.1 Å². The molecule has 0 atom stereocenters. The number of anilines is 1. The van der Waals surface area contributed by atoms with E-state index >= 15 is 0 Å². The highest BCUT2D eigenvalue weighted by atomic mass is 16.6. The van der Waals surface area contributed by atoms with Crippen molar-refractivity contribution in [2.75, 3.05) is 5.32 Å². The van der Waals surface area contributed by atoms with E-state index < -0.39 is 15.8 Å². The Morgan fingerprint density at radius 2 is 1.54 bits per heavy atom. The second-order valence-electron chi connectivity index (χ2n) is 4.85. The van der Waals surface area contributed by atoms with Crippen LogP contribution < -0.4 is 5.32 Å². The number of furan rings is 1. The summed E-state index contributed by atoms with van der Waals surface area (Å²) in [4.78, 5) is 32.4. The molecule has 0 aliphatic heterocycles. The van der Waals surface area contributed by atoms with Gasteiger partial charge in [-0.25, -0.2) is 0 Å². The lowest BCUT2D eigenvalue weighted by Crippen LogP contribution is -2.10. The van der Waals surface area contributed by atoms with E-state index in [-0.39, 0.29) is 17.1 Å². The average Bonchev–Trinajstić information content (AvgIpc) is 2.98. The number of hydrogen-bond acceptors (Lipinski definition) is 6. The molecule has 0 saturated carbocycles. The molecule has 3 aromatic rings. The van der Waals surface area contributed by atoms with E-state index in [1.165, 1.54) is 48.5 Å². The number of nitrogens with zero attached hydrogens (tertiary/aromatic N) is 2. The number of nitro groups is 2. The highest BCUT2D eigenvalue weighted by Gasteiger charge is 2.15. The van der Waals surface area contributed by atoms with Gasteiger partial charge in [-0.2, -0.15) is 0 Å². The smallest absolute Gasteiger partial charge is 0.291 e. The van der Waals surface area contributed by atoms with Gasteiger partial charge in [0.15, 0.2) is 5.76 Å². The maximum Gasteiger partial charge on any atom is 0.291 e. The molecule has 0 unspecified atom stereocenters. The number of nitro benzene ring substituents is 2. The fourth-order valence-corrected chi connectivity index (χ4v) is 2.12. The lowest BCUT2D eigenvalue weighted by atomic mass is 10.2. The van der Waals surface area contributed by atoms with Gasteiger partial charge < -0.3 is 9.73 Å². The summed E-state index contributed by atoms with van der Waals surface area (Å²) in [7, 11) is 0. The van der Waals surface area contributed by atoms with Crippen molar-refractivity contribution in [2.45, 2.75) is 0 Å². The molecule has 1 N–H and O–H groups in total. The minimum atomic E-state index is -0.567. The number of carbonyl (C=O) groups excluding carboxylic acids is 1. The summed E-state index contributed by atoms with van der Waals surface area (Å²) in [5, 5.41) is 24.3. The van der Waals surface area contributed by atoms with Crippen LogP contribution in [0.25, 0.3) is 11.0 Å². The van der Waals surface area contributed by atoms with Gasteiger partial charge in [0.2, 0.25) is 0 Å². The van der Waals surface area contributed by atoms with Gasteiger partial charge in [0.1, 0.15) is 5.58 Å². The number of non-ortho nitro benzene ring substituents is 2. The number of rotatable bonds is 4. The molecule has 1 heterocycles. The standard InChI is InChI=1S/C15H9N3O6/c19-15(16-10-1-3-11(4-2-10)17(20)21)14-8-9-7-12(18(22)23)5-6-13(9)24-14/h1-8H,(H,16,19). The Hall–Kier alpha value is -3.75. The van der Waals surface area contributed by atoms with E-state index in [0.29, 0.717) is 16.7 Å². The molecule has 0 aliphatic rings. The van der Waals surface area contributed by atoms with Crippen LogP contribution in [-0.2, 0) is 0 Å². The second kappa shape index (κ2) is 5.80. The molecule has 24 heavy (non-hydrogen) atoms. The summed E-state index contributed by atoms with van der Waals surface area (Å²) in [6.07, 6.45) is 0. The zero-order chi connectivity index (χ0) is 17.3. The first-order valence-electron chi connectivity index (χ1n) is 6.68. The predicted octanol–water partition coefficient (Wildman–Crippen LogP) is 3.50. The number of fused-ring (bicyclic) bond motifs is 1. The predicted molar refractivity (Wildman–Crippen MR) is 83.9 cm³/mol. The fraction of sp³-hybridized carbons (Fsp3) is 0. The first kappa shape index (κ1) is 15.2. The van der Waals surface area contributed by atoms with Crippen molar-refractivity contribution in [2.24, 2.45) is 0 Å². The summed E-state index contributed by atoms with van der Waals surface area (Å²) >= 11 is 0. The summed E-state index contributed by atoms with van der Waals surface area (Å²) in [6, 6.07) is 10.7. The Kier molecular flexibility index (Phi) is 3.66. The summed E-state index contributed by atoms with van der Waals surface area (Å²) in [5.41, 5.74) is 0.501. The van der Waals surface area contributed by atoms with Crippen LogP contribution in [0.15, 0.2) is 52.9 Å². The minimum Gasteiger partial charge on any atom is -0.451 e.